The Kier molecular flexibility index (Phi) is 4.80. The van der Waals surface area contributed by atoms with Crippen molar-refractivity contribution in [2.24, 2.45) is 0 Å². The van der Waals surface area contributed by atoms with Crippen molar-refractivity contribution in [3.8, 4) is 11.1 Å². The highest BCUT2D eigenvalue weighted by molar-refractivity contribution is 5.89. The topological polar surface area (TPSA) is 9.86 Å². The van der Waals surface area contributed by atoms with Crippen molar-refractivity contribution in [2.75, 3.05) is 0 Å². The number of hydrogen-bond donors (Lipinski definition) is 0. The Labute approximate surface area is 192 Å². The third kappa shape index (κ3) is 3.83. The van der Waals surface area contributed by atoms with Crippen LogP contribution in [0.1, 0.15) is 11.1 Å². The van der Waals surface area contributed by atoms with Crippen LogP contribution in [0, 0.1) is 5.82 Å². The van der Waals surface area contributed by atoms with E-state index in [0.717, 1.165) is 17.6 Å². The van der Waals surface area contributed by atoms with E-state index in [1.165, 1.54) is 39.0 Å². The van der Waals surface area contributed by atoms with Crippen molar-refractivity contribution in [2.45, 2.75) is 13.1 Å². The molecule has 0 saturated carbocycles. The van der Waals surface area contributed by atoms with Crippen LogP contribution in [0.15, 0.2) is 116 Å². The van der Waals surface area contributed by atoms with Gasteiger partial charge in [0.1, 0.15) is 5.82 Å². The predicted octanol–water partition coefficient (Wildman–Crippen LogP) is 7.50. The van der Waals surface area contributed by atoms with Crippen molar-refractivity contribution in [1.82, 2.24) is 9.13 Å². The van der Waals surface area contributed by atoms with E-state index in [1.54, 1.807) is 12.1 Å². The van der Waals surface area contributed by atoms with Gasteiger partial charge in [0.15, 0.2) is 0 Å². The van der Waals surface area contributed by atoms with E-state index in [1.807, 2.05) is 6.07 Å². The maximum atomic E-state index is 13.7. The van der Waals surface area contributed by atoms with E-state index >= 15 is 0 Å². The van der Waals surface area contributed by atoms with Crippen LogP contribution < -0.4 is 0 Å². The molecule has 0 saturated heterocycles. The number of nitrogens with zero attached hydrogens (tertiary/aromatic N) is 2. The zero-order valence-electron chi connectivity index (χ0n) is 18.2. The summed E-state index contributed by atoms with van der Waals surface area (Å²) < 4.78 is 18.1. The number of fused-ring (bicyclic) bond motifs is 2. The molecule has 0 atom stereocenters. The number of halogens is 1. The van der Waals surface area contributed by atoms with Gasteiger partial charge in [-0.2, -0.15) is 0 Å². The Morgan fingerprint density at radius 3 is 1.70 bits per heavy atom. The van der Waals surface area contributed by atoms with Crippen LogP contribution in [0.4, 0.5) is 4.39 Å². The molecule has 6 aromatic rings. The standard InChI is InChI=1S/C30H23FN2/c31-28-8-4-7-23(17-28)21-33-16-14-25-10-12-27(19-30(25)33)26-11-9-24-13-15-32(29(24)18-26)20-22-5-2-1-3-6-22/h1-19H,20-21H2. The minimum Gasteiger partial charge on any atom is -0.343 e. The van der Waals surface area contributed by atoms with Crippen LogP contribution >= 0.6 is 0 Å². The Hall–Kier alpha value is -4.11. The highest BCUT2D eigenvalue weighted by Crippen LogP contribution is 2.29. The first-order chi connectivity index (χ1) is 16.2. The molecule has 3 heteroatoms. The maximum absolute atomic E-state index is 13.7. The lowest BCUT2D eigenvalue weighted by atomic mass is 10.0. The molecule has 4 aromatic carbocycles. The Balaban J connectivity index is 1.37. The summed E-state index contributed by atoms with van der Waals surface area (Å²) in [5.74, 6) is -0.198. The fourth-order valence-electron chi connectivity index (χ4n) is 4.61. The summed E-state index contributed by atoms with van der Waals surface area (Å²) >= 11 is 0. The van der Waals surface area contributed by atoms with Gasteiger partial charge < -0.3 is 9.13 Å². The summed E-state index contributed by atoms with van der Waals surface area (Å²) in [6.45, 7) is 1.49. The summed E-state index contributed by atoms with van der Waals surface area (Å²) in [5.41, 5.74) is 6.99. The molecule has 0 amide bonds. The van der Waals surface area contributed by atoms with Gasteiger partial charge in [0.2, 0.25) is 0 Å². The lowest BCUT2D eigenvalue weighted by Crippen LogP contribution is -1.98. The van der Waals surface area contributed by atoms with Gasteiger partial charge in [-0.15, -0.1) is 0 Å². The molecule has 0 N–H and O–H groups in total. The van der Waals surface area contributed by atoms with Gasteiger partial charge in [-0.1, -0.05) is 66.7 Å². The van der Waals surface area contributed by atoms with Gasteiger partial charge in [0.25, 0.3) is 0 Å². The van der Waals surface area contributed by atoms with Crippen molar-refractivity contribution in [1.29, 1.82) is 0 Å². The first-order valence-electron chi connectivity index (χ1n) is 11.2. The molecule has 0 spiro atoms. The van der Waals surface area contributed by atoms with Gasteiger partial charge in [0, 0.05) is 36.5 Å². The van der Waals surface area contributed by atoms with Crippen LogP contribution in [-0.2, 0) is 13.1 Å². The third-order valence-corrected chi connectivity index (χ3v) is 6.32. The monoisotopic (exact) mass is 430 g/mol. The first kappa shape index (κ1) is 19.6. The van der Waals surface area contributed by atoms with Crippen molar-refractivity contribution < 1.29 is 4.39 Å². The molecule has 33 heavy (non-hydrogen) atoms. The highest BCUT2D eigenvalue weighted by atomic mass is 19.1. The zero-order chi connectivity index (χ0) is 22.2. The second kappa shape index (κ2) is 8.10. The van der Waals surface area contributed by atoms with Crippen LogP contribution in [0.5, 0.6) is 0 Å². The van der Waals surface area contributed by atoms with Crippen LogP contribution in [0.25, 0.3) is 32.9 Å². The van der Waals surface area contributed by atoms with Gasteiger partial charge in [-0.05, 0) is 69.4 Å². The number of rotatable bonds is 5. The summed E-state index contributed by atoms with van der Waals surface area (Å²) in [4.78, 5) is 0. The average Bonchev–Trinajstić information content (AvgIpc) is 3.43. The average molecular weight is 431 g/mol. The van der Waals surface area contributed by atoms with Gasteiger partial charge in [-0.25, -0.2) is 4.39 Å². The van der Waals surface area contributed by atoms with E-state index in [2.05, 4.69) is 100 Å². The lowest BCUT2D eigenvalue weighted by Gasteiger charge is -2.10. The molecule has 2 heterocycles. The highest BCUT2D eigenvalue weighted by Gasteiger charge is 2.08. The van der Waals surface area contributed by atoms with E-state index in [0.29, 0.717) is 6.54 Å². The maximum Gasteiger partial charge on any atom is 0.123 e. The number of hydrogen-bond acceptors (Lipinski definition) is 0. The summed E-state index contributed by atoms with van der Waals surface area (Å²) in [7, 11) is 0. The molecule has 0 unspecified atom stereocenters. The number of benzene rings is 4. The molecule has 2 aromatic heterocycles. The largest absolute Gasteiger partial charge is 0.343 e. The minimum absolute atomic E-state index is 0.198. The summed E-state index contributed by atoms with van der Waals surface area (Å²) in [5, 5.41) is 2.42. The van der Waals surface area contributed by atoms with E-state index in [-0.39, 0.29) is 5.82 Å². The van der Waals surface area contributed by atoms with E-state index < -0.39 is 0 Å². The summed E-state index contributed by atoms with van der Waals surface area (Å²) in [6.07, 6.45) is 4.24. The van der Waals surface area contributed by atoms with Gasteiger partial charge in [-0.3, -0.25) is 0 Å². The predicted molar refractivity (Wildman–Crippen MR) is 134 cm³/mol. The second-order valence-corrected chi connectivity index (χ2v) is 8.55. The molecule has 0 aliphatic heterocycles. The van der Waals surface area contributed by atoms with Crippen molar-refractivity contribution >= 4 is 21.8 Å². The van der Waals surface area contributed by atoms with Gasteiger partial charge in [0.05, 0.1) is 0 Å². The molecule has 0 bridgehead atoms. The first-order valence-corrected chi connectivity index (χ1v) is 11.2. The molecular formula is C30H23FN2. The molecule has 0 aliphatic rings. The van der Waals surface area contributed by atoms with Gasteiger partial charge >= 0.3 is 0 Å². The smallest absolute Gasteiger partial charge is 0.123 e. The van der Waals surface area contributed by atoms with Crippen LogP contribution in [0.2, 0.25) is 0 Å². The molecule has 0 aliphatic carbocycles. The normalized spacial score (nSPS) is 11.4. The molecule has 0 fully saturated rings. The van der Waals surface area contributed by atoms with Crippen LogP contribution in [0.3, 0.4) is 0 Å². The minimum atomic E-state index is -0.198. The Bertz CT molecular complexity index is 1570. The number of aromatic nitrogens is 2. The second-order valence-electron chi connectivity index (χ2n) is 8.55. The SMILES string of the molecule is Fc1cccc(Cn2ccc3ccc(-c4ccc5ccn(Cc6ccccc6)c5c4)cc32)c1. The fraction of sp³-hybridized carbons (Fsp3) is 0.0667. The van der Waals surface area contributed by atoms with E-state index in [9.17, 15) is 4.39 Å². The van der Waals surface area contributed by atoms with Crippen molar-refractivity contribution in [3.63, 3.8) is 0 Å². The molecule has 0 radical (unpaired) electrons. The third-order valence-electron chi connectivity index (χ3n) is 6.32. The Morgan fingerprint density at radius 1 is 0.515 bits per heavy atom. The lowest BCUT2D eigenvalue weighted by molar-refractivity contribution is 0.624. The summed E-state index contributed by atoms with van der Waals surface area (Å²) in [6, 6.07) is 34.9. The zero-order valence-corrected chi connectivity index (χ0v) is 18.2. The molecule has 160 valence electrons. The van der Waals surface area contributed by atoms with Crippen LogP contribution in [-0.4, -0.2) is 9.13 Å². The van der Waals surface area contributed by atoms with Crippen molar-refractivity contribution in [3.05, 3.63) is 132 Å². The molecular weight excluding hydrogens is 407 g/mol. The Morgan fingerprint density at radius 2 is 1.09 bits per heavy atom. The van der Waals surface area contributed by atoms with E-state index in [4.69, 9.17) is 0 Å². The molecule has 2 nitrogen and oxygen atoms in total. The molecule has 6 rings (SSSR count). The quantitative estimate of drug-likeness (QED) is 0.268. The fourth-order valence-corrected chi connectivity index (χ4v) is 4.61.